The molecule has 1 unspecified atom stereocenters. The summed E-state index contributed by atoms with van der Waals surface area (Å²) in [6.07, 6.45) is 3.96. The third-order valence-corrected chi connectivity index (χ3v) is 4.92. The van der Waals surface area contributed by atoms with E-state index in [9.17, 15) is 0 Å². The summed E-state index contributed by atoms with van der Waals surface area (Å²) >= 11 is 5.97. The number of hydrogen-bond donors (Lipinski definition) is 3. The third-order valence-electron chi connectivity index (χ3n) is 4.66. The van der Waals surface area contributed by atoms with E-state index in [4.69, 9.17) is 17.0 Å². The fraction of sp³-hybridized carbons (Fsp3) is 0.0417. The van der Waals surface area contributed by atoms with Gasteiger partial charge in [-0.05, 0) is 47.0 Å². The van der Waals surface area contributed by atoms with E-state index in [1.807, 2.05) is 54.7 Å². The van der Waals surface area contributed by atoms with Crippen molar-refractivity contribution in [1.29, 1.82) is 5.41 Å². The van der Waals surface area contributed by atoms with Gasteiger partial charge in [0.25, 0.3) is 0 Å². The molecule has 1 aliphatic heterocycles. The Morgan fingerprint density at radius 3 is 2.07 bits per heavy atom. The van der Waals surface area contributed by atoms with Crippen molar-refractivity contribution in [2.75, 3.05) is 0 Å². The number of halogens is 1. The number of allylic oxidation sites excluding steroid dienone is 2. The molecule has 1 aliphatic rings. The van der Waals surface area contributed by atoms with Gasteiger partial charge >= 0.3 is 0 Å². The van der Waals surface area contributed by atoms with Crippen LogP contribution in [-0.4, -0.2) is 12.0 Å². The van der Waals surface area contributed by atoms with Gasteiger partial charge in [-0.25, -0.2) is 0 Å². The number of hydrogen-bond acceptors (Lipinski definition) is 2. The Balaban J connectivity index is 1.64. The molecule has 3 aromatic rings. The van der Waals surface area contributed by atoms with Gasteiger partial charge < -0.3 is 10.6 Å². The number of nitrogens with one attached hydrogen (secondary N) is 3. The van der Waals surface area contributed by atoms with Crippen LogP contribution in [0.5, 0.6) is 0 Å². The lowest BCUT2D eigenvalue weighted by atomic mass is 9.94. The molecule has 0 saturated heterocycles. The van der Waals surface area contributed by atoms with E-state index >= 15 is 0 Å². The van der Waals surface area contributed by atoms with Gasteiger partial charge in [0.05, 0.1) is 0 Å². The second kappa shape index (κ2) is 8.15. The van der Waals surface area contributed by atoms with E-state index in [2.05, 4.69) is 41.0 Å². The highest BCUT2D eigenvalue weighted by Gasteiger charge is 2.20. The van der Waals surface area contributed by atoms with Crippen molar-refractivity contribution in [1.82, 2.24) is 10.6 Å². The molecule has 0 amide bonds. The van der Waals surface area contributed by atoms with Crippen LogP contribution in [0.25, 0.3) is 11.1 Å². The maximum absolute atomic E-state index is 8.46. The smallest absolute Gasteiger partial charge is 0.127 e. The molecule has 138 valence electrons. The van der Waals surface area contributed by atoms with E-state index in [-0.39, 0.29) is 6.17 Å². The third kappa shape index (κ3) is 4.00. The van der Waals surface area contributed by atoms with E-state index in [0.29, 0.717) is 10.9 Å². The Morgan fingerprint density at radius 2 is 1.43 bits per heavy atom. The van der Waals surface area contributed by atoms with Crippen molar-refractivity contribution >= 4 is 28.6 Å². The quantitative estimate of drug-likeness (QED) is 0.421. The Morgan fingerprint density at radius 1 is 0.821 bits per heavy atom. The van der Waals surface area contributed by atoms with Gasteiger partial charge in [0.2, 0.25) is 0 Å². The average molecular weight is 386 g/mol. The normalized spacial score (nSPS) is 15.8. The first-order chi connectivity index (χ1) is 13.7. The maximum atomic E-state index is 8.46. The van der Waals surface area contributed by atoms with Gasteiger partial charge in [-0.3, -0.25) is 5.41 Å². The molecular formula is C24H20ClN3. The van der Waals surface area contributed by atoms with Crippen molar-refractivity contribution in [2.45, 2.75) is 6.17 Å². The van der Waals surface area contributed by atoms with Gasteiger partial charge in [-0.1, -0.05) is 72.3 Å². The van der Waals surface area contributed by atoms with E-state index in [1.54, 1.807) is 12.1 Å². The summed E-state index contributed by atoms with van der Waals surface area (Å²) in [5.74, 6) is 0.340. The van der Waals surface area contributed by atoms with Crippen molar-refractivity contribution in [3.05, 3.63) is 119 Å². The van der Waals surface area contributed by atoms with Crippen LogP contribution in [0.15, 0.2) is 97.2 Å². The van der Waals surface area contributed by atoms with E-state index < -0.39 is 0 Å². The topological polar surface area (TPSA) is 47.9 Å². The molecule has 3 nitrogen and oxygen atoms in total. The summed E-state index contributed by atoms with van der Waals surface area (Å²) in [6, 6.07) is 27.8. The van der Waals surface area contributed by atoms with Crippen LogP contribution in [-0.2, 0) is 0 Å². The molecule has 0 bridgehead atoms. The molecule has 3 N–H and O–H groups in total. The molecule has 4 heteroatoms. The van der Waals surface area contributed by atoms with Crippen LogP contribution in [0.3, 0.4) is 0 Å². The molecule has 0 saturated carbocycles. The van der Waals surface area contributed by atoms with Crippen LogP contribution in [0.1, 0.15) is 16.7 Å². The lowest BCUT2D eigenvalue weighted by molar-refractivity contribution is 0.672. The molecule has 1 heterocycles. The van der Waals surface area contributed by atoms with Crippen molar-refractivity contribution in [3.8, 4) is 0 Å². The molecular weight excluding hydrogens is 366 g/mol. The van der Waals surface area contributed by atoms with Gasteiger partial charge in [-0.2, -0.15) is 0 Å². The summed E-state index contributed by atoms with van der Waals surface area (Å²) in [4.78, 5) is 0. The first-order valence-corrected chi connectivity index (χ1v) is 9.48. The largest absolute Gasteiger partial charge is 0.367 e. The Hall–Kier alpha value is -3.30. The molecule has 4 rings (SSSR count). The van der Waals surface area contributed by atoms with Crippen molar-refractivity contribution in [3.63, 3.8) is 0 Å². The highest BCUT2D eigenvalue weighted by atomic mass is 35.5. The summed E-state index contributed by atoms with van der Waals surface area (Å²) in [5, 5.41) is 15.8. The highest BCUT2D eigenvalue weighted by molar-refractivity contribution is 6.30. The second-order valence-electron chi connectivity index (χ2n) is 6.56. The van der Waals surface area contributed by atoms with Crippen LogP contribution in [0.2, 0.25) is 5.02 Å². The van der Waals surface area contributed by atoms with Crippen LogP contribution in [0.4, 0.5) is 0 Å². The van der Waals surface area contributed by atoms with E-state index in [0.717, 1.165) is 27.8 Å². The molecule has 0 aromatic heterocycles. The zero-order chi connectivity index (χ0) is 19.3. The highest BCUT2D eigenvalue weighted by Crippen LogP contribution is 2.27. The summed E-state index contributed by atoms with van der Waals surface area (Å²) in [7, 11) is 0. The Bertz CT molecular complexity index is 1020. The van der Waals surface area contributed by atoms with Crippen LogP contribution >= 0.6 is 11.6 Å². The molecule has 3 aromatic carbocycles. The fourth-order valence-electron chi connectivity index (χ4n) is 3.20. The monoisotopic (exact) mass is 385 g/mol. The minimum absolute atomic E-state index is 0.210. The predicted molar refractivity (Wildman–Crippen MR) is 117 cm³/mol. The zero-order valence-corrected chi connectivity index (χ0v) is 15.9. The SMILES string of the molecule is N=C(NC1NC=C(c2ccccc2)C=C1c1ccccc1)c1ccc(Cl)cc1. The lowest BCUT2D eigenvalue weighted by Crippen LogP contribution is -2.45. The number of benzene rings is 3. The summed E-state index contributed by atoms with van der Waals surface area (Å²) in [5.41, 5.74) is 5.24. The van der Waals surface area contributed by atoms with Gasteiger partial charge in [0.15, 0.2) is 0 Å². The summed E-state index contributed by atoms with van der Waals surface area (Å²) in [6.45, 7) is 0. The van der Waals surface area contributed by atoms with Crippen LogP contribution in [0, 0.1) is 5.41 Å². The number of rotatable bonds is 4. The van der Waals surface area contributed by atoms with Crippen LogP contribution < -0.4 is 10.6 Å². The number of amidine groups is 1. The number of dihydropyridines is 1. The first-order valence-electron chi connectivity index (χ1n) is 9.10. The van der Waals surface area contributed by atoms with Gasteiger partial charge in [0, 0.05) is 22.4 Å². The average Bonchev–Trinajstić information content (AvgIpc) is 2.75. The maximum Gasteiger partial charge on any atom is 0.127 e. The van der Waals surface area contributed by atoms with Gasteiger partial charge in [-0.15, -0.1) is 0 Å². The molecule has 28 heavy (non-hydrogen) atoms. The molecule has 0 fully saturated rings. The first kappa shape index (κ1) is 18.1. The second-order valence-corrected chi connectivity index (χ2v) is 6.99. The Labute approximate surface area is 169 Å². The predicted octanol–water partition coefficient (Wildman–Crippen LogP) is 5.31. The standard InChI is InChI=1S/C24H20ClN3/c25-21-13-11-19(12-14-21)23(26)28-24-22(18-9-5-2-6-10-18)15-20(16-27-24)17-7-3-1-4-8-17/h1-16,24,27H,(H2,26,28). The minimum atomic E-state index is -0.210. The summed E-state index contributed by atoms with van der Waals surface area (Å²) < 4.78 is 0. The minimum Gasteiger partial charge on any atom is -0.367 e. The lowest BCUT2D eigenvalue weighted by Gasteiger charge is -2.28. The van der Waals surface area contributed by atoms with E-state index in [1.165, 1.54) is 0 Å². The molecule has 1 atom stereocenters. The molecule has 0 aliphatic carbocycles. The van der Waals surface area contributed by atoms with Crippen molar-refractivity contribution < 1.29 is 0 Å². The Kier molecular flexibility index (Phi) is 5.27. The molecule has 0 spiro atoms. The van der Waals surface area contributed by atoms with Crippen molar-refractivity contribution in [2.24, 2.45) is 0 Å². The molecule has 0 radical (unpaired) electrons. The zero-order valence-electron chi connectivity index (χ0n) is 15.2. The fourth-order valence-corrected chi connectivity index (χ4v) is 3.32. The van der Waals surface area contributed by atoms with Gasteiger partial charge in [0.1, 0.15) is 12.0 Å².